The first-order valence-electron chi connectivity index (χ1n) is 49.9. The van der Waals surface area contributed by atoms with Crippen LogP contribution < -0.4 is 26.0 Å². The van der Waals surface area contributed by atoms with Gasteiger partial charge in [0.05, 0.1) is 73.5 Å². The molecule has 3 aromatic carbocycles. The maximum absolute atomic E-state index is 13.7. The van der Waals surface area contributed by atoms with Crippen LogP contribution in [0.25, 0.3) is 57.1 Å². The van der Waals surface area contributed by atoms with Gasteiger partial charge in [-0.2, -0.15) is 0 Å². The highest BCUT2D eigenvalue weighted by Gasteiger charge is 2.38. The number of aromatic nitrogens is 6. The molecule has 15 heterocycles. The van der Waals surface area contributed by atoms with Crippen LogP contribution in [0.1, 0.15) is 267 Å². The third-order valence-corrected chi connectivity index (χ3v) is 31.1. The van der Waals surface area contributed by atoms with E-state index in [1.807, 2.05) is 132 Å². The highest BCUT2D eigenvalue weighted by molar-refractivity contribution is 7.10. The predicted molar refractivity (Wildman–Crippen MR) is 552 cm³/mol. The minimum absolute atomic E-state index is 0.0443. The van der Waals surface area contributed by atoms with E-state index in [2.05, 4.69) is 121 Å². The molecule has 9 aromatic rings. The van der Waals surface area contributed by atoms with E-state index < -0.39 is 11.2 Å². The van der Waals surface area contributed by atoms with Gasteiger partial charge in [-0.3, -0.25) is 28.8 Å². The lowest BCUT2D eigenvalue weighted by Gasteiger charge is -2.32. The molecule has 6 aromatic heterocycles. The topological polar surface area (TPSA) is 324 Å². The van der Waals surface area contributed by atoms with Gasteiger partial charge < -0.3 is 89.6 Å². The van der Waals surface area contributed by atoms with Crippen LogP contribution >= 0.6 is 34.0 Å². The fourth-order valence-electron chi connectivity index (χ4n) is 19.9. The average molecular weight is 1940 g/mol. The Balaban J connectivity index is 0.000000146. The zero-order valence-corrected chi connectivity index (χ0v) is 85.9. The highest BCUT2D eigenvalue weighted by Crippen LogP contribution is 2.44. The number of nitrogens with zero attached hydrogens (tertiary/aromatic N) is 11. The lowest BCUT2D eigenvalue weighted by atomic mass is 9.97. The Kier molecular flexibility index (Phi) is 33.0. The zero-order chi connectivity index (χ0) is 98.0. The number of methoxy groups -OCH3 is 1. The number of amides is 8. The van der Waals surface area contributed by atoms with E-state index in [1.165, 1.54) is 5.01 Å². The van der Waals surface area contributed by atoms with Crippen LogP contribution in [0.4, 0.5) is 26.7 Å². The molecule has 9 aliphatic rings. The second kappa shape index (κ2) is 45.0. The molecule has 3 saturated heterocycles. The molecule has 0 spiro atoms. The lowest BCUT2D eigenvalue weighted by molar-refractivity contribution is -0.115. The maximum Gasteiger partial charge on any atom is 0.410 e. The number of rotatable bonds is 24. The van der Waals surface area contributed by atoms with Crippen molar-refractivity contribution >= 4 is 122 Å². The van der Waals surface area contributed by atoms with Gasteiger partial charge in [0.2, 0.25) is 5.91 Å². The smallest absolute Gasteiger partial charge is 0.410 e. The van der Waals surface area contributed by atoms with Crippen LogP contribution in [0.15, 0.2) is 70.7 Å². The third kappa shape index (κ3) is 23.8. The lowest BCUT2D eigenvalue weighted by Crippen LogP contribution is -2.41. The van der Waals surface area contributed by atoms with Crippen LogP contribution in [-0.2, 0) is 49.5 Å². The van der Waals surface area contributed by atoms with Gasteiger partial charge in [0.25, 0.3) is 29.5 Å². The first-order chi connectivity index (χ1) is 66.3. The van der Waals surface area contributed by atoms with Gasteiger partial charge in [0.1, 0.15) is 11.2 Å². The number of aryl methyl sites for hydroxylation is 3. The number of thiazole rings is 3. The van der Waals surface area contributed by atoms with Crippen molar-refractivity contribution in [2.45, 2.75) is 216 Å². The van der Waals surface area contributed by atoms with E-state index in [0.29, 0.717) is 62.1 Å². The first kappa shape index (κ1) is 101. The first-order valence-corrected chi connectivity index (χ1v) is 52.5. The van der Waals surface area contributed by atoms with Crippen molar-refractivity contribution in [2.75, 3.05) is 161 Å². The third-order valence-electron chi connectivity index (χ3n) is 28.1. The number of H-pyrrole nitrogens is 3. The number of aromatic amines is 3. The van der Waals surface area contributed by atoms with Crippen molar-refractivity contribution in [1.82, 2.24) is 74.4 Å². The summed E-state index contributed by atoms with van der Waals surface area (Å²) in [7, 11) is 1.64. The molecule has 0 unspecified atom stereocenters. The van der Waals surface area contributed by atoms with E-state index in [1.54, 1.807) is 50.9 Å². The van der Waals surface area contributed by atoms with Crippen LogP contribution in [0.3, 0.4) is 0 Å². The predicted octanol–water partition coefficient (Wildman–Crippen LogP) is 18.4. The Bertz CT molecular complexity index is 5960. The monoisotopic (exact) mass is 1940 g/mol. The largest absolute Gasteiger partial charge is 0.482 e. The summed E-state index contributed by atoms with van der Waals surface area (Å²) < 4.78 is 16.3. The summed E-state index contributed by atoms with van der Waals surface area (Å²) in [4.78, 5) is 145. The van der Waals surface area contributed by atoms with Gasteiger partial charge >= 0.3 is 12.2 Å². The summed E-state index contributed by atoms with van der Waals surface area (Å²) in [6.07, 6.45) is 14.9. The summed E-state index contributed by atoms with van der Waals surface area (Å²) in [5.41, 5.74) is 20.9. The molecule has 32 heteroatoms. The van der Waals surface area contributed by atoms with Gasteiger partial charge in [-0.25, -0.2) is 24.5 Å². The number of hydrogen-bond acceptors (Lipinski definition) is 21. The van der Waals surface area contributed by atoms with Gasteiger partial charge in [-0.15, -0.1) is 34.0 Å². The molecule has 138 heavy (non-hydrogen) atoms. The van der Waals surface area contributed by atoms with E-state index in [4.69, 9.17) is 29.2 Å². The number of piperidine rings is 3. The van der Waals surface area contributed by atoms with Crippen molar-refractivity contribution in [3.8, 4) is 39.7 Å². The Morgan fingerprint density at radius 2 is 0.812 bits per heavy atom. The Hall–Kier alpha value is -11.1. The van der Waals surface area contributed by atoms with Crippen molar-refractivity contribution in [3.05, 3.63) is 164 Å². The van der Waals surface area contributed by atoms with Crippen molar-refractivity contribution in [2.24, 2.45) is 0 Å². The second-order valence-electron chi connectivity index (χ2n) is 39.3. The number of ether oxygens (including phenoxy) is 3. The summed E-state index contributed by atoms with van der Waals surface area (Å²) in [6.45, 7) is 48.2. The van der Waals surface area contributed by atoms with Crippen molar-refractivity contribution in [1.29, 1.82) is 0 Å². The second-order valence-corrected chi connectivity index (χ2v) is 42.0. The van der Waals surface area contributed by atoms with Gasteiger partial charge in [-0.1, -0.05) is 59.7 Å². The van der Waals surface area contributed by atoms with E-state index in [9.17, 15) is 38.4 Å². The van der Waals surface area contributed by atoms with Gasteiger partial charge in [-0.05, 0) is 257 Å². The molecule has 0 atom stereocenters. The number of carbonyl (C=O) groups excluding carboxylic acids is 8. The molecule has 0 saturated carbocycles. The number of likely N-dealkylation sites (N-methyl/N-ethyl adjacent to an activating group) is 3. The van der Waals surface area contributed by atoms with Gasteiger partial charge in [0, 0.05) is 198 Å². The fourth-order valence-corrected chi connectivity index (χ4v) is 22.9. The van der Waals surface area contributed by atoms with E-state index in [0.717, 1.165) is 327 Å². The van der Waals surface area contributed by atoms with Crippen LogP contribution in [-0.4, -0.2) is 272 Å². The number of likely N-dealkylation sites (tertiary alicyclic amines) is 2. The number of hydrogen-bond donors (Lipinski definition) is 7. The molecule has 9 aliphatic heterocycles. The molecule has 3 fully saturated rings. The van der Waals surface area contributed by atoms with Crippen molar-refractivity contribution in [3.63, 3.8) is 0 Å². The SMILES string of the molecule is CC(C)(C)OC(=O)N1CCC(c2nc(-c3ccc4c(c3)CC(=O)N4)cs2)CC1.CCN(CC)CCN1CCCc2[nH]c(/C=C3\C(=O)Nc4ccc(-c5csc(C6CCN(C(=O)OC(C)(C)C)CC6)n5)cc43)c(C)c2C1=O.CCN(CC)CCN1CCCc2[nH]c(/C=C3\C(=O)Nc4ccc(-c5csc(C6CCNCC6)n5)cc43)c(C)c2C1=O.CCN(CC)CCN1CCCc2[nH]c(OC)c(C)c2C1=O. The maximum atomic E-state index is 13.7. The summed E-state index contributed by atoms with van der Waals surface area (Å²) >= 11 is 5.06. The van der Waals surface area contributed by atoms with Crippen LogP contribution in [0, 0.1) is 20.8 Å². The number of fused-ring (bicyclic) bond motifs is 6. The molecular weight excluding hydrogens is 1800 g/mol. The zero-order valence-electron chi connectivity index (χ0n) is 83.5. The van der Waals surface area contributed by atoms with E-state index >= 15 is 0 Å². The quantitative estimate of drug-likeness (QED) is 0.0276. The minimum Gasteiger partial charge on any atom is -0.482 e. The Morgan fingerprint density at radius 3 is 1.18 bits per heavy atom. The summed E-state index contributed by atoms with van der Waals surface area (Å²) in [5.74, 6) is 1.97. The molecule has 7 N–H and O–H groups in total. The molecule has 29 nitrogen and oxygen atoms in total. The van der Waals surface area contributed by atoms with E-state index in [-0.39, 0.29) is 53.5 Å². The molecule has 18 rings (SSSR count). The standard InChI is InChI=1S/C37H48N6O4S.C32H40N6O2S.C21H25N3O3S.C16H27N3O2/c1-7-41(8-2)18-19-42-15-9-10-29-32(35(42)45)23(3)30(38-29)21-27-26-20-25(11-12-28(26)39-33(27)44)31-22-48-34(40-31)24-13-16-43(17-14-24)36(46)47-37(4,5)6;1-4-37(5-2)15-16-38-14-6-7-26-29(32(38)40)20(3)27(34-26)18-24-23-17-22(8-9-25(23)35-30(24)39)28-19-41-31(36-28)21-10-12-33-13-11-21;1-21(2,3)27-20(26)24-8-6-13(7-9-24)19-23-17(12-28-19)14-4-5-16-15(10-14)11-18(25)22-16;1-5-18(6-2)10-11-19-9-7-8-13-14(16(19)20)12(3)15(17-13)21-4/h11-12,20-22,24,38H,7-10,13-19H2,1-6H3,(H,39,44);8-9,17-19,21,33-34H,4-7,10-16H2,1-3H3,(H,35,39);4-5,10,12-13H,6-9,11H2,1-3H3,(H,22,25);17H,5-11H2,1-4H3/b27-21-;24-18-;;. The fraction of sp³-hybridized carbons (Fsp3) is 0.519. The van der Waals surface area contributed by atoms with Crippen molar-refractivity contribution < 1.29 is 52.6 Å². The molecule has 8 amide bonds. The summed E-state index contributed by atoms with van der Waals surface area (Å²) in [6, 6.07) is 18.1. The molecular formula is C106H140N18O11S3. The van der Waals surface area contributed by atoms with Crippen LogP contribution in [0.2, 0.25) is 0 Å². The minimum atomic E-state index is -0.506. The Morgan fingerprint density at radius 1 is 0.457 bits per heavy atom. The number of anilines is 3. The van der Waals surface area contributed by atoms with Crippen LogP contribution in [0.5, 0.6) is 5.88 Å². The molecule has 0 radical (unpaired) electrons. The van der Waals surface area contributed by atoms with Gasteiger partial charge in [0.15, 0.2) is 5.88 Å². The molecule has 738 valence electrons. The molecule has 0 bridgehead atoms. The number of nitrogens with one attached hydrogen (secondary N) is 7. The number of carbonyl (C=O) groups is 8. The summed E-state index contributed by atoms with van der Waals surface area (Å²) in [5, 5.41) is 22.0. The Labute approximate surface area is 824 Å². The molecule has 0 aliphatic carbocycles. The average Bonchev–Trinajstić information content (AvgIpc) is 1.62. The number of benzene rings is 3. The normalized spacial score (nSPS) is 17.6. The highest BCUT2D eigenvalue weighted by atomic mass is 32.1.